The zero-order valence-electron chi connectivity index (χ0n) is 16.7. The monoisotopic (exact) mass is 336 g/mol. The lowest BCUT2D eigenvalue weighted by Gasteiger charge is -2.04. The summed E-state index contributed by atoms with van der Waals surface area (Å²) >= 11 is 0. The van der Waals surface area contributed by atoms with Gasteiger partial charge in [-0.2, -0.15) is 0 Å². The Kier molecular flexibility index (Phi) is 16.1. The summed E-state index contributed by atoms with van der Waals surface area (Å²) in [6.07, 6.45) is 18.4. The van der Waals surface area contributed by atoms with Gasteiger partial charge in [-0.25, -0.2) is 0 Å². The molecular formula is C22H40O2. The van der Waals surface area contributed by atoms with E-state index in [0.29, 0.717) is 13.0 Å². The molecule has 0 saturated heterocycles. The van der Waals surface area contributed by atoms with E-state index in [1.165, 1.54) is 56.1 Å². The second-order valence-electron chi connectivity index (χ2n) is 7.13. The fraction of sp³-hybridized carbons (Fsp3) is 0.773. The van der Waals surface area contributed by atoms with Gasteiger partial charge in [0.2, 0.25) is 0 Å². The van der Waals surface area contributed by atoms with Gasteiger partial charge in [0.15, 0.2) is 0 Å². The van der Waals surface area contributed by atoms with E-state index >= 15 is 0 Å². The van der Waals surface area contributed by atoms with Crippen LogP contribution in [0.15, 0.2) is 23.3 Å². The summed E-state index contributed by atoms with van der Waals surface area (Å²) in [5.74, 6) is -0.0497. The minimum absolute atomic E-state index is 0.0497. The molecule has 0 aliphatic heterocycles. The van der Waals surface area contributed by atoms with Gasteiger partial charge in [0, 0.05) is 6.42 Å². The quantitative estimate of drug-likeness (QED) is 0.180. The lowest BCUT2D eigenvalue weighted by Crippen LogP contribution is -2.04. The van der Waals surface area contributed by atoms with Gasteiger partial charge in [-0.1, -0.05) is 75.5 Å². The van der Waals surface area contributed by atoms with Crippen molar-refractivity contribution < 1.29 is 9.53 Å². The molecule has 0 atom stereocenters. The average molecular weight is 337 g/mol. The minimum Gasteiger partial charge on any atom is -0.461 e. The molecule has 0 unspecified atom stereocenters. The van der Waals surface area contributed by atoms with Gasteiger partial charge in [-0.15, -0.1) is 0 Å². The van der Waals surface area contributed by atoms with E-state index in [1.807, 2.05) is 6.08 Å². The van der Waals surface area contributed by atoms with Crippen molar-refractivity contribution in [3.05, 3.63) is 23.3 Å². The minimum atomic E-state index is -0.0497. The molecule has 0 heterocycles. The van der Waals surface area contributed by atoms with Crippen LogP contribution in [0, 0.1) is 0 Å². The Morgan fingerprint density at radius 2 is 1.38 bits per heavy atom. The van der Waals surface area contributed by atoms with Gasteiger partial charge in [0.25, 0.3) is 0 Å². The highest BCUT2D eigenvalue weighted by Gasteiger charge is 2.01. The van der Waals surface area contributed by atoms with Crippen molar-refractivity contribution in [2.45, 2.75) is 105 Å². The summed E-state index contributed by atoms with van der Waals surface area (Å²) in [6.45, 7) is 9.02. The lowest BCUT2D eigenvalue weighted by molar-refractivity contribution is -0.142. The van der Waals surface area contributed by atoms with E-state index in [0.717, 1.165) is 25.7 Å². The first-order valence-electron chi connectivity index (χ1n) is 10.0. The van der Waals surface area contributed by atoms with Crippen LogP contribution in [0.3, 0.4) is 0 Å². The molecule has 24 heavy (non-hydrogen) atoms. The van der Waals surface area contributed by atoms with Crippen LogP contribution in [0.4, 0.5) is 0 Å². The number of ether oxygens (including phenoxy) is 1. The summed E-state index contributed by atoms with van der Waals surface area (Å²) in [5, 5.41) is 0. The third-order valence-corrected chi connectivity index (χ3v) is 4.25. The summed E-state index contributed by atoms with van der Waals surface area (Å²) in [7, 11) is 0. The van der Waals surface area contributed by atoms with Gasteiger partial charge in [0.1, 0.15) is 6.61 Å². The third kappa shape index (κ3) is 17.3. The van der Waals surface area contributed by atoms with Crippen LogP contribution >= 0.6 is 0 Å². The predicted molar refractivity (Wildman–Crippen MR) is 105 cm³/mol. The van der Waals surface area contributed by atoms with E-state index in [4.69, 9.17) is 4.74 Å². The average Bonchev–Trinajstić information content (AvgIpc) is 2.53. The second-order valence-corrected chi connectivity index (χ2v) is 7.13. The Labute approximate surface area is 150 Å². The number of carbonyl (C=O) groups excluding carboxylic acids is 1. The number of carbonyl (C=O) groups is 1. The number of hydrogen-bond donors (Lipinski definition) is 0. The van der Waals surface area contributed by atoms with E-state index in [-0.39, 0.29) is 5.97 Å². The van der Waals surface area contributed by atoms with Crippen LogP contribution < -0.4 is 0 Å². The van der Waals surface area contributed by atoms with Crippen LogP contribution in [0.2, 0.25) is 0 Å². The third-order valence-electron chi connectivity index (χ3n) is 4.25. The Balaban J connectivity index is 3.48. The maximum absolute atomic E-state index is 11.7. The van der Waals surface area contributed by atoms with E-state index in [2.05, 4.69) is 33.8 Å². The van der Waals surface area contributed by atoms with E-state index in [1.54, 1.807) is 0 Å². The maximum atomic E-state index is 11.7. The van der Waals surface area contributed by atoms with Crippen LogP contribution in [0.25, 0.3) is 0 Å². The zero-order chi connectivity index (χ0) is 18.0. The number of unbranched alkanes of at least 4 members (excludes halogenated alkanes) is 8. The van der Waals surface area contributed by atoms with Gasteiger partial charge in [-0.05, 0) is 46.1 Å². The molecular weight excluding hydrogens is 296 g/mol. The molecule has 0 N–H and O–H groups in total. The van der Waals surface area contributed by atoms with Crippen LogP contribution in [0.1, 0.15) is 105 Å². The summed E-state index contributed by atoms with van der Waals surface area (Å²) < 4.78 is 5.28. The SMILES string of the molecule is CCCCCCCCCCCC(=O)OC/C=C(\C)CCC=C(C)C. The molecule has 0 amide bonds. The fourth-order valence-corrected chi connectivity index (χ4v) is 2.62. The van der Waals surface area contributed by atoms with Crippen molar-refractivity contribution in [2.75, 3.05) is 6.61 Å². The topological polar surface area (TPSA) is 26.3 Å². The molecule has 0 fully saturated rings. The Hall–Kier alpha value is -1.05. The largest absolute Gasteiger partial charge is 0.461 e. The summed E-state index contributed by atoms with van der Waals surface area (Å²) in [6, 6.07) is 0. The molecule has 0 aliphatic rings. The molecule has 0 aromatic rings. The van der Waals surface area contributed by atoms with Crippen molar-refractivity contribution in [1.29, 1.82) is 0 Å². The first-order chi connectivity index (χ1) is 11.6. The van der Waals surface area contributed by atoms with Crippen LogP contribution in [0.5, 0.6) is 0 Å². The number of rotatable bonds is 15. The number of allylic oxidation sites excluding steroid dienone is 3. The van der Waals surface area contributed by atoms with Crippen molar-refractivity contribution in [2.24, 2.45) is 0 Å². The Bertz CT molecular complexity index is 362. The van der Waals surface area contributed by atoms with Crippen LogP contribution in [-0.4, -0.2) is 12.6 Å². The normalized spacial score (nSPS) is 11.4. The van der Waals surface area contributed by atoms with Crippen LogP contribution in [-0.2, 0) is 9.53 Å². The zero-order valence-corrected chi connectivity index (χ0v) is 16.7. The molecule has 140 valence electrons. The molecule has 0 aliphatic carbocycles. The highest BCUT2D eigenvalue weighted by molar-refractivity contribution is 5.69. The van der Waals surface area contributed by atoms with Crippen molar-refractivity contribution in [3.8, 4) is 0 Å². The number of hydrogen-bond acceptors (Lipinski definition) is 2. The highest BCUT2D eigenvalue weighted by atomic mass is 16.5. The molecule has 0 bridgehead atoms. The predicted octanol–water partition coefficient (Wildman–Crippen LogP) is 7.14. The molecule has 0 saturated carbocycles. The standard InChI is InChI=1S/C22H40O2/c1-5-6-7-8-9-10-11-12-13-17-22(23)24-19-18-21(4)16-14-15-20(2)3/h15,18H,5-14,16-17,19H2,1-4H3/b21-18+. The van der Waals surface area contributed by atoms with Gasteiger partial charge in [0.05, 0.1) is 0 Å². The lowest BCUT2D eigenvalue weighted by atomic mass is 10.1. The van der Waals surface area contributed by atoms with E-state index < -0.39 is 0 Å². The molecule has 0 aromatic carbocycles. The van der Waals surface area contributed by atoms with Crippen molar-refractivity contribution in [1.82, 2.24) is 0 Å². The highest BCUT2D eigenvalue weighted by Crippen LogP contribution is 2.11. The van der Waals surface area contributed by atoms with Gasteiger partial charge < -0.3 is 4.74 Å². The molecule has 0 radical (unpaired) electrons. The van der Waals surface area contributed by atoms with Crippen molar-refractivity contribution in [3.63, 3.8) is 0 Å². The molecule has 2 heteroatoms. The molecule has 0 rings (SSSR count). The van der Waals surface area contributed by atoms with Crippen molar-refractivity contribution >= 4 is 5.97 Å². The maximum Gasteiger partial charge on any atom is 0.306 e. The van der Waals surface area contributed by atoms with E-state index in [9.17, 15) is 4.79 Å². The second kappa shape index (κ2) is 16.8. The van der Waals surface area contributed by atoms with Gasteiger partial charge in [-0.3, -0.25) is 4.79 Å². The molecule has 2 nitrogen and oxygen atoms in total. The Morgan fingerprint density at radius 3 is 1.96 bits per heavy atom. The first-order valence-corrected chi connectivity index (χ1v) is 10.0. The molecule has 0 aromatic heterocycles. The summed E-state index contributed by atoms with van der Waals surface area (Å²) in [4.78, 5) is 11.7. The van der Waals surface area contributed by atoms with Gasteiger partial charge >= 0.3 is 5.97 Å². The summed E-state index contributed by atoms with van der Waals surface area (Å²) in [5.41, 5.74) is 2.65. The smallest absolute Gasteiger partial charge is 0.306 e. The number of esters is 1. The molecule has 0 spiro atoms. The Morgan fingerprint density at radius 1 is 0.792 bits per heavy atom. The fourth-order valence-electron chi connectivity index (χ4n) is 2.62. The first kappa shape index (κ1) is 22.9.